The van der Waals surface area contributed by atoms with Crippen molar-refractivity contribution >= 4 is 11.4 Å². The normalized spacial score (nSPS) is 10.6. The molecule has 2 aromatic rings. The molecule has 0 unspecified atom stereocenters. The molecule has 0 aliphatic heterocycles. The third-order valence-electron chi connectivity index (χ3n) is 3.54. The predicted molar refractivity (Wildman–Crippen MR) is 90.0 cm³/mol. The van der Waals surface area contributed by atoms with E-state index in [0.717, 1.165) is 19.6 Å². The molecule has 0 saturated heterocycles. The number of nitrogens with zero attached hydrogens (tertiary/aromatic N) is 2. The van der Waals surface area contributed by atoms with Crippen molar-refractivity contribution < 1.29 is 0 Å². The van der Waals surface area contributed by atoms with E-state index in [1.54, 1.807) is 0 Å². The predicted octanol–water partition coefficient (Wildman–Crippen LogP) is 4.13. The van der Waals surface area contributed by atoms with Gasteiger partial charge < -0.3 is 10.2 Å². The second-order valence-corrected chi connectivity index (χ2v) is 5.13. The zero-order chi connectivity index (χ0) is 14.9. The molecule has 1 heterocycles. The van der Waals surface area contributed by atoms with E-state index in [4.69, 9.17) is 0 Å². The first-order valence-electron chi connectivity index (χ1n) is 7.83. The standard InChI is InChI=1S/C18H25N3/c1-3-5-13-21(17-9-7-6-8-10-17)18-11-12-20-15-16(18)14-19-4-2/h6-12,15,19H,3-5,13-14H2,1-2H3. The molecule has 0 saturated carbocycles. The van der Waals surface area contributed by atoms with Crippen molar-refractivity contribution in [1.82, 2.24) is 10.3 Å². The number of aromatic nitrogens is 1. The average molecular weight is 283 g/mol. The van der Waals surface area contributed by atoms with Crippen LogP contribution in [0.4, 0.5) is 11.4 Å². The molecule has 21 heavy (non-hydrogen) atoms. The molecule has 0 atom stereocenters. The van der Waals surface area contributed by atoms with Crippen LogP contribution in [0.1, 0.15) is 32.3 Å². The number of benzene rings is 1. The lowest BCUT2D eigenvalue weighted by molar-refractivity contribution is 0.718. The maximum absolute atomic E-state index is 4.29. The maximum Gasteiger partial charge on any atom is 0.0487 e. The van der Waals surface area contributed by atoms with Crippen molar-refractivity contribution in [3.63, 3.8) is 0 Å². The van der Waals surface area contributed by atoms with Crippen LogP contribution < -0.4 is 10.2 Å². The molecule has 0 aliphatic carbocycles. The van der Waals surface area contributed by atoms with Crippen molar-refractivity contribution in [3.05, 3.63) is 54.4 Å². The first-order chi connectivity index (χ1) is 10.4. The van der Waals surface area contributed by atoms with E-state index >= 15 is 0 Å². The second kappa shape index (κ2) is 8.42. The molecule has 0 bridgehead atoms. The third kappa shape index (κ3) is 4.30. The SMILES string of the molecule is CCCCN(c1ccccc1)c1ccncc1CNCC. The summed E-state index contributed by atoms with van der Waals surface area (Å²) in [7, 11) is 0. The molecular formula is C18H25N3. The summed E-state index contributed by atoms with van der Waals surface area (Å²) in [5.74, 6) is 0. The van der Waals surface area contributed by atoms with Crippen LogP contribution in [-0.2, 0) is 6.54 Å². The first kappa shape index (κ1) is 15.5. The quantitative estimate of drug-likeness (QED) is 0.789. The van der Waals surface area contributed by atoms with Gasteiger partial charge in [-0.2, -0.15) is 0 Å². The van der Waals surface area contributed by atoms with E-state index in [1.165, 1.54) is 29.8 Å². The summed E-state index contributed by atoms with van der Waals surface area (Å²) >= 11 is 0. The van der Waals surface area contributed by atoms with Gasteiger partial charge >= 0.3 is 0 Å². The lowest BCUT2D eigenvalue weighted by atomic mass is 10.1. The topological polar surface area (TPSA) is 28.2 Å². The van der Waals surface area contributed by atoms with Gasteiger partial charge in [-0.1, -0.05) is 38.5 Å². The average Bonchev–Trinajstić information content (AvgIpc) is 2.55. The van der Waals surface area contributed by atoms with Crippen LogP contribution in [0.15, 0.2) is 48.8 Å². The highest BCUT2D eigenvalue weighted by Gasteiger charge is 2.12. The highest BCUT2D eigenvalue weighted by Crippen LogP contribution is 2.28. The van der Waals surface area contributed by atoms with E-state index in [1.807, 2.05) is 12.4 Å². The van der Waals surface area contributed by atoms with E-state index in [2.05, 4.69) is 65.4 Å². The van der Waals surface area contributed by atoms with Crippen LogP contribution in [0.3, 0.4) is 0 Å². The first-order valence-corrected chi connectivity index (χ1v) is 7.83. The highest BCUT2D eigenvalue weighted by atomic mass is 15.1. The minimum absolute atomic E-state index is 0.856. The van der Waals surface area contributed by atoms with Gasteiger partial charge in [0.25, 0.3) is 0 Å². The van der Waals surface area contributed by atoms with Crippen molar-refractivity contribution in [2.45, 2.75) is 33.2 Å². The summed E-state index contributed by atoms with van der Waals surface area (Å²) in [4.78, 5) is 6.69. The van der Waals surface area contributed by atoms with Gasteiger partial charge in [0.15, 0.2) is 0 Å². The number of nitrogens with one attached hydrogen (secondary N) is 1. The molecule has 0 radical (unpaired) electrons. The molecule has 3 nitrogen and oxygen atoms in total. The Balaban J connectivity index is 2.32. The summed E-state index contributed by atoms with van der Waals surface area (Å²) in [6.07, 6.45) is 6.22. The Morgan fingerprint density at radius 2 is 1.90 bits per heavy atom. The lowest BCUT2D eigenvalue weighted by Crippen LogP contribution is -2.22. The zero-order valence-corrected chi connectivity index (χ0v) is 13.0. The third-order valence-corrected chi connectivity index (χ3v) is 3.54. The Morgan fingerprint density at radius 3 is 2.62 bits per heavy atom. The Hall–Kier alpha value is -1.87. The molecule has 112 valence electrons. The minimum atomic E-state index is 0.856. The number of unbranched alkanes of at least 4 members (excludes halogenated alkanes) is 1. The molecule has 1 N–H and O–H groups in total. The van der Waals surface area contributed by atoms with Gasteiger partial charge in [-0.25, -0.2) is 0 Å². The summed E-state index contributed by atoms with van der Waals surface area (Å²) in [5, 5.41) is 3.40. The molecule has 1 aromatic carbocycles. The Labute approximate surface area is 128 Å². The van der Waals surface area contributed by atoms with Gasteiger partial charge in [-0.3, -0.25) is 4.98 Å². The van der Waals surface area contributed by atoms with Crippen LogP contribution in [0, 0.1) is 0 Å². The number of hydrogen-bond acceptors (Lipinski definition) is 3. The second-order valence-electron chi connectivity index (χ2n) is 5.13. The fourth-order valence-electron chi connectivity index (χ4n) is 2.39. The van der Waals surface area contributed by atoms with Gasteiger partial charge in [-0.15, -0.1) is 0 Å². The van der Waals surface area contributed by atoms with Crippen LogP contribution >= 0.6 is 0 Å². The molecule has 0 amide bonds. The van der Waals surface area contributed by atoms with Gasteiger partial charge in [0, 0.05) is 42.4 Å². The maximum atomic E-state index is 4.29. The minimum Gasteiger partial charge on any atom is -0.341 e. The number of hydrogen-bond donors (Lipinski definition) is 1. The number of para-hydroxylation sites is 1. The van der Waals surface area contributed by atoms with Gasteiger partial charge in [0.05, 0.1) is 0 Å². The summed E-state index contributed by atoms with van der Waals surface area (Å²) in [5.41, 5.74) is 3.75. The fourth-order valence-corrected chi connectivity index (χ4v) is 2.39. The van der Waals surface area contributed by atoms with Crippen molar-refractivity contribution in [2.75, 3.05) is 18.0 Å². The largest absolute Gasteiger partial charge is 0.341 e. The number of anilines is 2. The Bertz CT molecular complexity index is 525. The van der Waals surface area contributed by atoms with E-state index in [0.29, 0.717) is 0 Å². The van der Waals surface area contributed by atoms with Crippen molar-refractivity contribution in [2.24, 2.45) is 0 Å². The molecule has 0 fully saturated rings. The smallest absolute Gasteiger partial charge is 0.0487 e. The highest BCUT2D eigenvalue weighted by molar-refractivity contribution is 5.65. The van der Waals surface area contributed by atoms with Crippen molar-refractivity contribution in [3.8, 4) is 0 Å². The van der Waals surface area contributed by atoms with Gasteiger partial charge in [0.1, 0.15) is 0 Å². The Kier molecular flexibility index (Phi) is 6.22. The monoisotopic (exact) mass is 283 g/mol. The van der Waals surface area contributed by atoms with Gasteiger partial charge in [-0.05, 0) is 31.2 Å². The van der Waals surface area contributed by atoms with Crippen LogP contribution in [0.5, 0.6) is 0 Å². The number of pyridine rings is 1. The van der Waals surface area contributed by atoms with Crippen LogP contribution in [0.25, 0.3) is 0 Å². The van der Waals surface area contributed by atoms with Crippen LogP contribution in [0.2, 0.25) is 0 Å². The fraction of sp³-hybridized carbons (Fsp3) is 0.389. The lowest BCUT2D eigenvalue weighted by Gasteiger charge is -2.27. The Morgan fingerprint density at radius 1 is 1.10 bits per heavy atom. The summed E-state index contributed by atoms with van der Waals surface area (Å²) in [6.45, 7) is 7.21. The van der Waals surface area contributed by atoms with E-state index < -0.39 is 0 Å². The van der Waals surface area contributed by atoms with Crippen molar-refractivity contribution in [1.29, 1.82) is 0 Å². The van der Waals surface area contributed by atoms with E-state index in [-0.39, 0.29) is 0 Å². The van der Waals surface area contributed by atoms with Gasteiger partial charge in [0.2, 0.25) is 0 Å². The van der Waals surface area contributed by atoms with Crippen LogP contribution in [-0.4, -0.2) is 18.1 Å². The molecule has 0 spiro atoms. The molecular weight excluding hydrogens is 258 g/mol. The summed E-state index contributed by atoms with van der Waals surface area (Å²) in [6, 6.07) is 12.7. The molecule has 3 heteroatoms. The number of rotatable bonds is 8. The molecule has 2 rings (SSSR count). The summed E-state index contributed by atoms with van der Waals surface area (Å²) < 4.78 is 0. The zero-order valence-electron chi connectivity index (χ0n) is 13.0. The van der Waals surface area contributed by atoms with E-state index in [9.17, 15) is 0 Å². The molecule has 0 aliphatic rings. The molecule has 1 aromatic heterocycles.